The number of carbonyl (C=O) groups excluding carboxylic acids is 2. The largest absolute Gasteiger partial charge is 0.462 e. The monoisotopic (exact) mass is 875 g/mol. The van der Waals surface area contributed by atoms with E-state index in [1.165, 1.54) is 116 Å². The molecule has 12 nitrogen and oxygen atoms in total. The number of hydrogen-bond donors (Lipinski definition) is 4. The van der Waals surface area contributed by atoms with Gasteiger partial charge in [-0.15, -0.1) is 5.73 Å². The Morgan fingerprint density at radius 3 is 1.45 bits per heavy atom. The molecule has 1 aliphatic heterocycles. The molecule has 1 aliphatic rings. The Balaban J connectivity index is 2.42. The molecule has 1 saturated heterocycles. The van der Waals surface area contributed by atoms with E-state index in [0.29, 0.717) is 12.8 Å². The van der Waals surface area contributed by atoms with Crippen molar-refractivity contribution in [3.63, 3.8) is 0 Å². The zero-order valence-electron chi connectivity index (χ0n) is 37.6. The zero-order valence-corrected chi connectivity index (χ0v) is 38.4. The summed E-state index contributed by atoms with van der Waals surface area (Å²) in [5.41, 5.74) is 3.28. The van der Waals surface area contributed by atoms with E-state index >= 15 is 0 Å². The SMILES string of the molecule is CCCCCCCC=C=CCCCCCCCC(=O)O[C@H](COC(=O)CCCCCCCCCCCCCCCCCCC)CO[C@H]1O[C@H](CS(=O)(=O)O)[C@@H](O)C(O)C1O. The summed E-state index contributed by atoms with van der Waals surface area (Å²) in [4.78, 5) is 25.4. The van der Waals surface area contributed by atoms with Gasteiger partial charge >= 0.3 is 11.9 Å². The van der Waals surface area contributed by atoms with Crippen molar-refractivity contribution in [1.82, 2.24) is 0 Å². The van der Waals surface area contributed by atoms with E-state index in [1.54, 1.807) is 0 Å². The molecule has 1 fully saturated rings. The van der Waals surface area contributed by atoms with Crippen molar-refractivity contribution in [1.29, 1.82) is 0 Å². The summed E-state index contributed by atoms with van der Waals surface area (Å²) in [5, 5.41) is 30.9. The van der Waals surface area contributed by atoms with Crippen LogP contribution in [0.2, 0.25) is 0 Å². The lowest BCUT2D eigenvalue weighted by Gasteiger charge is -2.40. The third kappa shape index (κ3) is 31.9. The molecular formula is C47H86O12S. The minimum absolute atomic E-state index is 0.147. The highest BCUT2D eigenvalue weighted by Gasteiger charge is 2.46. The summed E-state index contributed by atoms with van der Waals surface area (Å²) in [7, 11) is -4.60. The summed E-state index contributed by atoms with van der Waals surface area (Å²) in [6, 6.07) is 0. The Morgan fingerprint density at radius 2 is 1.00 bits per heavy atom. The van der Waals surface area contributed by atoms with Gasteiger partial charge in [0.1, 0.15) is 36.8 Å². The second kappa shape index (κ2) is 37.7. The Bertz CT molecular complexity index is 1220. The molecule has 0 saturated carbocycles. The second-order valence-electron chi connectivity index (χ2n) is 16.9. The fourth-order valence-electron chi connectivity index (χ4n) is 7.36. The molecule has 0 aromatic carbocycles. The Hall–Kier alpha value is -1.83. The van der Waals surface area contributed by atoms with Crippen LogP contribution >= 0.6 is 0 Å². The van der Waals surface area contributed by atoms with Crippen LogP contribution in [0.5, 0.6) is 0 Å². The molecule has 1 heterocycles. The van der Waals surface area contributed by atoms with Gasteiger partial charge in [0, 0.05) is 12.8 Å². The number of aliphatic hydroxyl groups is 3. The number of hydrogen-bond acceptors (Lipinski definition) is 11. The summed E-state index contributed by atoms with van der Waals surface area (Å²) in [5.74, 6) is -1.99. The van der Waals surface area contributed by atoms with Gasteiger partial charge in [0.2, 0.25) is 0 Å². The molecule has 60 heavy (non-hydrogen) atoms. The number of unbranched alkanes of at least 4 members (excludes halogenated alkanes) is 26. The van der Waals surface area contributed by atoms with E-state index in [0.717, 1.165) is 57.8 Å². The first kappa shape index (κ1) is 56.2. The normalized spacial score (nSPS) is 19.7. The highest BCUT2D eigenvalue weighted by atomic mass is 32.2. The molecule has 1 rings (SSSR count). The van der Waals surface area contributed by atoms with Crippen molar-refractivity contribution in [2.24, 2.45) is 0 Å². The third-order valence-electron chi connectivity index (χ3n) is 11.1. The lowest BCUT2D eigenvalue weighted by molar-refractivity contribution is -0.297. The van der Waals surface area contributed by atoms with Gasteiger partial charge < -0.3 is 34.3 Å². The zero-order chi connectivity index (χ0) is 44.1. The van der Waals surface area contributed by atoms with Crippen LogP contribution in [0.3, 0.4) is 0 Å². The quantitative estimate of drug-likeness (QED) is 0.0198. The number of allylic oxidation sites excluding steroid dienone is 1. The van der Waals surface area contributed by atoms with Gasteiger partial charge in [-0.1, -0.05) is 162 Å². The smallest absolute Gasteiger partial charge is 0.306 e. The first-order valence-electron chi connectivity index (χ1n) is 24.0. The van der Waals surface area contributed by atoms with Gasteiger partial charge in [-0.2, -0.15) is 8.42 Å². The van der Waals surface area contributed by atoms with Gasteiger partial charge in [-0.25, -0.2) is 0 Å². The standard InChI is InChI=1S/C47H86O12S/c1-3-5-7-9-11-13-15-17-19-20-22-23-25-27-29-31-33-35-42(48)56-37-40(38-57-47-46(52)45(51)44(50)41(59-47)39-60(53,54)55)58-43(49)36-34-32-30-28-26-24-21-18-16-14-12-10-8-6-4-2/h16,21,40-41,44-47,50-52H,3-15,17,19-20,22-39H2,1-2H3,(H,53,54,55)/t18?,40-,41-,44-,45?,46?,47+/m1/s1. The molecule has 4 N–H and O–H groups in total. The average molecular weight is 875 g/mol. The summed E-state index contributed by atoms with van der Waals surface area (Å²) < 4.78 is 54.1. The molecular weight excluding hydrogens is 789 g/mol. The molecule has 2 unspecified atom stereocenters. The van der Waals surface area contributed by atoms with E-state index in [4.69, 9.17) is 18.9 Å². The minimum Gasteiger partial charge on any atom is -0.462 e. The van der Waals surface area contributed by atoms with Crippen LogP contribution in [0.4, 0.5) is 0 Å². The summed E-state index contributed by atoms with van der Waals surface area (Å²) >= 11 is 0. The molecule has 0 spiro atoms. The molecule has 13 heteroatoms. The number of rotatable bonds is 40. The van der Waals surface area contributed by atoms with Crippen LogP contribution in [-0.4, -0.2) is 96.0 Å². The second-order valence-corrected chi connectivity index (χ2v) is 18.4. The average Bonchev–Trinajstić information content (AvgIpc) is 3.21. The fourth-order valence-corrected chi connectivity index (χ4v) is 8.05. The van der Waals surface area contributed by atoms with Crippen molar-refractivity contribution in [3.8, 4) is 0 Å². The van der Waals surface area contributed by atoms with Gasteiger partial charge in [-0.3, -0.25) is 14.1 Å². The fraction of sp³-hybridized carbons (Fsp3) is 0.894. The van der Waals surface area contributed by atoms with Crippen molar-refractivity contribution >= 4 is 22.1 Å². The lowest BCUT2D eigenvalue weighted by atomic mass is 10.00. The van der Waals surface area contributed by atoms with Crippen LogP contribution < -0.4 is 0 Å². The van der Waals surface area contributed by atoms with E-state index < -0.39 is 71.2 Å². The van der Waals surface area contributed by atoms with E-state index in [-0.39, 0.29) is 19.4 Å². The molecule has 0 bridgehead atoms. The van der Waals surface area contributed by atoms with Gasteiger partial charge in [0.25, 0.3) is 10.1 Å². The Morgan fingerprint density at radius 1 is 0.583 bits per heavy atom. The first-order chi connectivity index (χ1) is 29.0. The van der Waals surface area contributed by atoms with Gasteiger partial charge in [-0.05, 0) is 50.7 Å². The Labute approximate surface area is 364 Å². The highest BCUT2D eigenvalue weighted by molar-refractivity contribution is 7.85. The van der Waals surface area contributed by atoms with Crippen molar-refractivity contribution < 1.29 is 56.8 Å². The molecule has 0 aromatic heterocycles. The number of esters is 2. The first-order valence-corrected chi connectivity index (χ1v) is 25.6. The molecule has 6 atom stereocenters. The number of carbonyl (C=O) groups is 2. The molecule has 0 amide bonds. The molecule has 0 aromatic rings. The predicted molar refractivity (Wildman–Crippen MR) is 237 cm³/mol. The molecule has 0 aliphatic carbocycles. The lowest BCUT2D eigenvalue weighted by Crippen LogP contribution is -2.60. The minimum atomic E-state index is -4.60. The predicted octanol–water partition coefficient (Wildman–Crippen LogP) is 10.00. The van der Waals surface area contributed by atoms with Crippen LogP contribution in [0.15, 0.2) is 17.9 Å². The van der Waals surface area contributed by atoms with Crippen molar-refractivity contribution in [2.75, 3.05) is 19.0 Å². The number of ether oxygens (including phenoxy) is 4. The van der Waals surface area contributed by atoms with Crippen LogP contribution in [-0.2, 0) is 38.7 Å². The molecule has 0 radical (unpaired) electrons. The Kier molecular flexibility index (Phi) is 35.3. The molecule has 352 valence electrons. The van der Waals surface area contributed by atoms with Crippen LogP contribution in [0.1, 0.15) is 213 Å². The summed E-state index contributed by atoms with van der Waals surface area (Å²) in [6.45, 7) is 3.75. The maximum Gasteiger partial charge on any atom is 0.306 e. The number of aliphatic hydroxyl groups excluding tert-OH is 3. The van der Waals surface area contributed by atoms with E-state index in [9.17, 15) is 37.9 Å². The van der Waals surface area contributed by atoms with Gasteiger partial charge in [0.05, 0.1) is 6.61 Å². The van der Waals surface area contributed by atoms with Gasteiger partial charge in [0.15, 0.2) is 12.4 Å². The van der Waals surface area contributed by atoms with Crippen molar-refractivity contribution in [2.45, 2.75) is 250 Å². The maximum atomic E-state index is 12.8. The topological polar surface area (TPSA) is 186 Å². The van der Waals surface area contributed by atoms with Crippen molar-refractivity contribution in [3.05, 3.63) is 17.9 Å². The van der Waals surface area contributed by atoms with E-state index in [1.807, 2.05) is 0 Å². The third-order valence-corrected chi connectivity index (χ3v) is 11.9. The van der Waals surface area contributed by atoms with E-state index in [2.05, 4.69) is 31.7 Å². The highest BCUT2D eigenvalue weighted by Crippen LogP contribution is 2.24. The maximum absolute atomic E-state index is 12.8. The van der Waals surface area contributed by atoms with Crippen LogP contribution in [0, 0.1) is 0 Å². The summed E-state index contributed by atoms with van der Waals surface area (Å²) in [6.07, 6.45) is 28.9. The van der Waals surface area contributed by atoms with Crippen LogP contribution in [0.25, 0.3) is 0 Å².